The van der Waals surface area contributed by atoms with Crippen molar-refractivity contribution < 1.29 is 19.4 Å². The average molecular weight is 357 g/mol. The molecule has 0 saturated carbocycles. The highest BCUT2D eigenvalue weighted by Gasteiger charge is 2.09. The third-order valence-electron chi connectivity index (χ3n) is 3.17. The molecule has 0 aromatic heterocycles. The minimum Gasteiger partial charge on any atom is -0.545 e. The van der Waals surface area contributed by atoms with Gasteiger partial charge < -0.3 is 20.0 Å². The fourth-order valence-electron chi connectivity index (χ4n) is 1.97. The normalized spacial score (nSPS) is 9.96. The van der Waals surface area contributed by atoms with Crippen LogP contribution in [0.4, 0.5) is 5.69 Å². The Balaban J connectivity index is 1.95. The summed E-state index contributed by atoms with van der Waals surface area (Å²) in [7, 11) is 0. The second kappa shape index (κ2) is 8.79. The fourth-order valence-corrected chi connectivity index (χ4v) is 2.18. The zero-order chi connectivity index (χ0) is 18.2. The number of hydrogen-bond donors (Lipinski definition) is 2. The van der Waals surface area contributed by atoms with E-state index in [1.807, 2.05) is 6.92 Å². The first-order valence-corrected chi connectivity index (χ1v) is 8.07. The lowest BCUT2D eigenvalue weighted by Crippen LogP contribution is -2.34. The number of thiocarbonyl (C=S) groups is 1. The largest absolute Gasteiger partial charge is 0.545 e. The molecule has 2 aromatic rings. The van der Waals surface area contributed by atoms with Gasteiger partial charge in [0.25, 0.3) is 5.91 Å². The van der Waals surface area contributed by atoms with E-state index in [0.717, 1.165) is 6.42 Å². The van der Waals surface area contributed by atoms with Gasteiger partial charge in [-0.15, -0.1) is 0 Å². The van der Waals surface area contributed by atoms with Gasteiger partial charge in [0.2, 0.25) is 0 Å². The number of carboxylic acid groups (broad SMARTS) is 1. The maximum absolute atomic E-state index is 12.2. The molecule has 0 spiro atoms. The SMILES string of the molecule is CCCOc1cccc(C(=O)NC(=S)Nc2ccc(C(=O)[O-])cc2)c1. The number of anilines is 1. The Hall–Kier alpha value is -2.93. The Labute approximate surface area is 150 Å². The number of benzene rings is 2. The molecule has 0 aliphatic carbocycles. The number of nitrogens with one attached hydrogen (secondary N) is 2. The van der Waals surface area contributed by atoms with Crippen LogP contribution in [0.5, 0.6) is 5.75 Å². The highest BCUT2D eigenvalue weighted by molar-refractivity contribution is 7.80. The minimum atomic E-state index is -1.26. The van der Waals surface area contributed by atoms with E-state index in [9.17, 15) is 14.7 Å². The second-order valence-corrected chi connectivity index (χ2v) is 5.56. The van der Waals surface area contributed by atoms with Gasteiger partial charge in [0.1, 0.15) is 5.75 Å². The number of ether oxygens (including phenoxy) is 1. The molecule has 0 radical (unpaired) electrons. The highest BCUT2D eigenvalue weighted by atomic mass is 32.1. The lowest BCUT2D eigenvalue weighted by atomic mass is 10.2. The minimum absolute atomic E-state index is 0.0596. The topological polar surface area (TPSA) is 90.5 Å². The Kier molecular flexibility index (Phi) is 6.47. The van der Waals surface area contributed by atoms with Crippen LogP contribution in [-0.2, 0) is 0 Å². The van der Waals surface area contributed by atoms with E-state index >= 15 is 0 Å². The lowest BCUT2D eigenvalue weighted by molar-refractivity contribution is -0.255. The van der Waals surface area contributed by atoms with Crippen molar-refractivity contribution in [2.75, 3.05) is 11.9 Å². The molecule has 2 rings (SSSR count). The van der Waals surface area contributed by atoms with E-state index < -0.39 is 5.97 Å². The van der Waals surface area contributed by atoms with Crippen LogP contribution in [0.3, 0.4) is 0 Å². The van der Waals surface area contributed by atoms with Crippen molar-refractivity contribution >= 4 is 34.9 Å². The Morgan fingerprint density at radius 3 is 2.48 bits per heavy atom. The monoisotopic (exact) mass is 357 g/mol. The first kappa shape index (κ1) is 18.4. The number of carbonyl (C=O) groups excluding carboxylic acids is 2. The van der Waals surface area contributed by atoms with Crippen LogP contribution in [-0.4, -0.2) is 23.6 Å². The standard InChI is InChI=1S/C18H18N2O4S/c1-2-10-24-15-5-3-4-13(11-15)16(21)20-18(25)19-14-8-6-12(7-9-14)17(22)23/h3-9,11H,2,10H2,1H3,(H,22,23)(H2,19,20,21,25)/p-1. The van der Waals surface area contributed by atoms with Gasteiger partial charge in [-0.1, -0.05) is 25.1 Å². The molecule has 0 saturated heterocycles. The highest BCUT2D eigenvalue weighted by Crippen LogP contribution is 2.14. The third kappa shape index (κ3) is 5.58. The van der Waals surface area contributed by atoms with Crippen LogP contribution >= 0.6 is 12.2 Å². The molecular weight excluding hydrogens is 340 g/mol. The lowest BCUT2D eigenvalue weighted by Gasteiger charge is -2.11. The second-order valence-electron chi connectivity index (χ2n) is 5.15. The van der Waals surface area contributed by atoms with Crippen molar-refractivity contribution in [3.8, 4) is 5.75 Å². The van der Waals surface area contributed by atoms with Gasteiger partial charge in [-0.2, -0.15) is 0 Å². The third-order valence-corrected chi connectivity index (χ3v) is 3.38. The molecule has 130 valence electrons. The molecule has 7 heteroatoms. The zero-order valence-corrected chi connectivity index (χ0v) is 14.4. The summed E-state index contributed by atoms with van der Waals surface area (Å²) in [4.78, 5) is 22.9. The molecule has 0 bridgehead atoms. The molecule has 0 atom stereocenters. The van der Waals surface area contributed by atoms with Crippen LogP contribution in [0, 0.1) is 0 Å². The summed E-state index contributed by atoms with van der Waals surface area (Å²) >= 11 is 5.10. The molecule has 0 unspecified atom stereocenters. The van der Waals surface area contributed by atoms with Crippen molar-refractivity contribution in [2.24, 2.45) is 0 Å². The molecule has 0 heterocycles. The number of aromatic carboxylic acids is 1. The zero-order valence-electron chi connectivity index (χ0n) is 13.6. The van der Waals surface area contributed by atoms with Crippen molar-refractivity contribution in [3.63, 3.8) is 0 Å². The number of rotatable bonds is 6. The summed E-state index contributed by atoms with van der Waals surface area (Å²) in [6, 6.07) is 12.6. The predicted octanol–water partition coefficient (Wildman–Crippen LogP) is 1.97. The van der Waals surface area contributed by atoms with Gasteiger partial charge in [-0.25, -0.2) is 0 Å². The van der Waals surface area contributed by atoms with Crippen LogP contribution in [0.25, 0.3) is 0 Å². The van der Waals surface area contributed by atoms with Crippen LogP contribution < -0.4 is 20.5 Å². The quantitative estimate of drug-likeness (QED) is 0.768. The van der Waals surface area contributed by atoms with Crippen molar-refractivity contribution in [1.82, 2.24) is 5.32 Å². The Morgan fingerprint density at radius 1 is 1.12 bits per heavy atom. The maximum atomic E-state index is 12.2. The molecule has 2 N–H and O–H groups in total. The molecule has 0 aliphatic heterocycles. The number of amides is 1. The van der Waals surface area contributed by atoms with Gasteiger partial charge in [-0.3, -0.25) is 10.1 Å². The van der Waals surface area contributed by atoms with E-state index in [-0.39, 0.29) is 16.6 Å². The molecule has 2 aromatic carbocycles. The van der Waals surface area contributed by atoms with Crippen LogP contribution in [0.2, 0.25) is 0 Å². The van der Waals surface area contributed by atoms with Crippen LogP contribution in [0.15, 0.2) is 48.5 Å². The van der Waals surface area contributed by atoms with E-state index in [0.29, 0.717) is 23.6 Å². The fraction of sp³-hybridized carbons (Fsp3) is 0.167. The van der Waals surface area contributed by atoms with E-state index in [1.54, 1.807) is 24.3 Å². The van der Waals surface area contributed by atoms with Crippen molar-refractivity contribution in [3.05, 3.63) is 59.7 Å². The predicted molar refractivity (Wildman–Crippen MR) is 96.7 cm³/mol. The van der Waals surface area contributed by atoms with E-state index in [4.69, 9.17) is 17.0 Å². The molecule has 0 aliphatic rings. The van der Waals surface area contributed by atoms with Gasteiger partial charge in [0.15, 0.2) is 5.11 Å². The first-order valence-electron chi connectivity index (χ1n) is 7.66. The van der Waals surface area contributed by atoms with Crippen molar-refractivity contribution in [2.45, 2.75) is 13.3 Å². The number of carboxylic acids is 1. The summed E-state index contributed by atoms with van der Waals surface area (Å²) in [5.74, 6) is -1.01. The molecule has 1 amide bonds. The summed E-state index contributed by atoms with van der Waals surface area (Å²) in [5.41, 5.74) is 1.03. The van der Waals surface area contributed by atoms with Crippen LogP contribution in [0.1, 0.15) is 34.1 Å². The molecule has 25 heavy (non-hydrogen) atoms. The van der Waals surface area contributed by atoms with Gasteiger partial charge in [0.05, 0.1) is 12.6 Å². The molecule has 0 fully saturated rings. The summed E-state index contributed by atoms with van der Waals surface area (Å²) in [6.45, 7) is 2.58. The average Bonchev–Trinajstić information content (AvgIpc) is 2.60. The van der Waals surface area contributed by atoms with E-state index in [1.165, 1.54) is 24.3 Å². The van der Waals surface area contributed by atoms with Gasteiger partial charge in [-0.05, 0) is 54.5 Å². The first-order chi connectivity index (χ1) is 12.0. The Morgan fingerprint density at radius 2 is 1.84 bits per heavy atom. The maximum Gasteiger partial charge on any atom is 0.257 e. The van der Waals surface area contributed by atoms with Crippen molar-refractivity contribution in [1.29, 1.82) is 0 Å². The number of hydrogen-bond acceptors (Lipinski definition) is 5. The van der Waals surface area contributed by atoms with Gasteiger partial charge >= 0.3 is 0 Å². The summed E-state index contributed by atoms with van der Waals surface area (Å²) < 4.78 is 5.50. The molecule has 6 nitrogen and oxygen atoms in total. The summed E-state index contributed by atoms with van der Waals surface area (Å²) in [5, 5.41) is 16.2. The summed E-state index contributed by atoms with van der Waals surface area (Å²) in [6.07, 6.45) is 0.876. The number of carbonyl (C=O) groups is 2. The van der Waals surface area contributed by atoms with E-state index in [2.05, 4.69) is 10.6 Å². The smallest absolute Gasteiger partial charge is 0.257 e. The Bertz CT molecular complexity index is 775. The molecular formula is C18H17N2O4S-. The van der Waals surface area contributed by atoms with Gasteiger partial charge in [0, 0.05) is 11.3 Å².